The van der Waals surface area contributed by atoms with E-state index in [2.05, 4.69) is 33.8 Å². The maximum absolute atomic E-state index is 12.8. The van der Waals surface area contributed by atoms with E-state index in [1.807, 2.05) is 13.8 Å². The number of amides is 2. The largest absolute Gasteiger partial charge is 0.462 e. The third kappa shape index (κ3) is 6.55. The highest BCUT2D eigenvalue weighted by atomic mass is 127. The number of imide groups is 1. The summed E-state index contributed by atoms with van der Waals surface area (Å²) in [5, 5.41) is 13.7. The lowest BCUT2D eigenvalue weighted by Crippen LogP contribution is -2.35. The molecule has 2 amide bonds. The molecule has 1 atom stereocenters. The van der Waals surface area contributed by atoms with Crippen molar-refractivity contribution in [2.75, 3.05) is 11.5 Å². The number of esters is 1. The number of allylic oxidation sites excluding steroid dienone is 2. The number of hydrogen-bond acceptors (Lipinski definition) is 10. The van der Waals surface area contributed by atoms with E-state index in [0.717, 1.165) is 16.7 Å². The molecule has 2 aromatic carbocycles. The Morgan fingerprint density at radius 1 is 1.15 bits per heavy atom. The van der Waals surface area contributed by atoms with Gasteiger partial charge in [-0.25, -0.2) is 4.79 Å². The summed E-state index contributed by atoms with van der Waals surface area (Å²) < 4.78 is 35.1. The number of alkyl halides is 1. The molecule has 2 aromatic rings. The van der Waals surface area contributed by atoms with E-state index in [4.69, 9.17) is 9.02 Å². The van der Waals surface area contributed by atoms with Crippen molar-refractivity contribution in [1.29, 1.82) is 5.26 Å². The minimum atomic E-state index is -4.34. The van der Waals surface area contributed by atoms with Crippen LogP contribution in [0, 0.1) is 17.2 Å². The Kier molecular flexibility index (Phi) is 9.05. The molecule has 2 heterocycles. The molecule has 0 aromatic heterocycles. The number of nitrogens with zero attached hydrogens (tertiary/aromatic N) is 3. The molecule has 1 fully saturated rings. The number of halogens is 1. The maximum atomic E-state index is 12.8. The third-order valence-corrected chi connectivity index (χ3v) is 9.08. The number of anilines is 1. The monoisotopic (exact) mass is 705 g/mol. The molecular formula is C28H24IN3O7S2. The van der Waals surface area contributed by atoms with E-state index < -0.39 is 25.4 Å². The summed E-state index contributed by atoms with van der Waals surface area (Å²) in [6, 6.07) is 13.8. The fourth-order valence-electron chi connectivity index (χ4n) is 4.18. The molecule has 0 aliphatic carbocycles. The summed E-state index contributed by atoms with van der Waals surface area (Å²) in [6.45, 7) is 5.61. The summed E-state index contributed by atoms with van der Waals surface area (Å²) in [5.41, 5.74) is 1.06. The number of nitriles is 1. The van der Waals surface area contributed by atoms with Gasteiger partial charge in [-0.1, -0.05) is 71.6 Å². The van der Waals surface area contributed by atoms with Crippen molar-refractivity contribution >= 4 is 78.6 Å². The SMILES string of the molecule is CCOC(=O)c1ccccc1/C(C#N)=C1C=C/C(=N\OS(=O)(=O)c2ccc(N3C(=O)CC(C(C)(C)I)C3=O)cc2)S/1. The molecule has 0 N–H and O–H groups in total. The first kappa shape index (κ1) is 30.5. The third-order valence-electron chi connectivity index (χ3n) is 6.23. The Hall–Kier alpha value is -3.48. The zero-order valence-electron chi connectivity index (χ0n) is 22.2. The first-order chi connectivity index (χ1) is 19.4. The van der Waals surface area contributed by atoms with Crippen LogP contribution in [0.3, 0.4) is 0 Å². The molecule has 13 heteroatoms. The normalized spacial score (nSPS) is 19.4. The van der Waals surface area contributed by atoms with Crippen molar-refractivity contribution in [2.45, 2.75) is 35.5 Å². The number of ether oxygens (including phenoxy) is 1. The van der Waals surface area contributed by atoms with Crippen LogP contribution < -0.4 is 4.90 Å². The Morgan fingerprint density at radius 3 is 2.39 bits per heavy atom. The van der Waals surface area contributed by atoms with Crippen molar-refractivity contribution in [1.82, 2.24) is 0 Å². The van der Waals surface area contributed by atoms with E-state index >= 15 is 0 Å². The summed E-state index contributed by atoms with van der Waals surface area (Å²) >= 11 is 3.14. The molecule has 0 radical (unpaired) electrons. The van der Waals surface area contributed by atoms with Crippen LogP contribution >= 0.6 is 34.4 Å². The van der Waals surface area contributed by atoms with Gasteiger partial charge in [0.25, 0.3) is 0 Å². The fraction of sp³-hybridized carbons (Fsp3) is 0.250. The van der Waals surface area contributed by atoms with Crippen LogP contribution in [0.4, 0.5) is 5.69 Å². The highest BCUT2D eigenvalue weighted by Crippen LogP contribution is 2.38. The number of rotatable bonds is 8. The predicted molar refractivity (Wildman–Crippen MR) is 163 cm³/mol. The highest BCUT2D eigenvalue weighted by molar-refractivity contribution is 14.1. The lowest BCUT2D eigenvalue weighted by atomic mass is 9.94. The second kappa shape index (κ2) is 12.2. The van der Waals surface area contributed by atoms with Crippen LogP contribution in [0.1, 0.15) is 43.1 Å². The molecule has 0 saturated carbocycles. The number of carbonyl (C=O) groups is 3. The van der Waals surface area contributed by atoms with Gasteiger partial charge in [-0.15, -0.1) is 0 Å². The summed E-state index contributed by atoms with van der Waals surface area (Å²) in [6.07, 6.45) is 3.14. The molecule has 2 aliphatic rings. The second-order valence-electron chi connectivity index (χ2n) is 9.39. The van der Waals surface area contributed by atoms with Crippen LogP contribution in [0.2, 0.25) is 0 Å². The molecule has 0 bridgehead atoms. The minimum Gasteiger partial charge on any atom is -0.462 e. The minimum absolute atomic E-state index is 0.0823. The van der Waals surface area contributed by atoms with E-state index in [-0.39, 0.29) is 51.6 Å². The number of hydrogen-bond donors (Lipinski definition) is 0. The van der Waals surface area contributed by atoms with Crippen molar-refractivity contribution in [3.63, 3.8) is 0 Å². The van der Waals surface area contributed by atoms with Crippen molar-refractivity contribution < 1.29 is 31.8 Å². The fourth-order valence-corrected chi connectivity index (χ4v) is 6.27. The van der Waals surface area contributed by atoms with Crippen LogP contribution in [-0.2, 0) is 28.7 Å². The first-order valence-electron chi connectivity index (χ1n) is 12.3. The quantitative estimate of drug-likeness (QED) is 0.0903. The van der Waals surface area contributed by atoms with Crippen molar-refractivity contribution in [3.8, 4) is 6.07 Å². The number of carbonyl (C=O) groups excluding carboxylic acids is 3. The van der Waals surface area contributed by atoms with Gasteiger partial charge in [0.1, 0.15) is 16.0 Å². The average Bonchev–Trinajstić information content (AvgIpc) is 3.52. The van der Waals surface area contributed by atoms with Gasteiger partial charge >= 0.3 is 16.1 Å². The standard InChI is InChI=1S/C28H24IN3O7S2/c1-4-38-27(35)20-8-6-5-7-19(20)21(16-30)23-13-14-24(40-23)31-39-41(36,37)18-11-9-17(10-12-18)32-25(33)15-22(26(32)34)28(2,3)29/h5-14,22H,4,15H2,1-3H3/b23-21-,31-24+. The molecular weight excluding hydrogens is 681 g/mol. The second-order valence-corrected chi connectivity index (χ2v) is 14.8. The highest BCUT2D eigenvalue weighted by Gasteiger charge is 2.46. The van der Waals surface area contributed by atoms with E-state index in [9.17, 15) is 28.1 Å². The molecule has 212 valence electrons. The Morgan fingerprint density at radius 2 is 1.80 bits per heavy atom. The van der Waals surface area contributed by atoms with Crippen molar-refractivity contribution in [3.05, 3.63) is 76.7 Å². The molecule has 41 heavy (non-hydrogen) atoms. The van der Waals surface area contributed by atoms with Gasteiger partial charge in [0.2, 0.25) is 11.8 Å². The van der Waals surface area contributed by atoms with Gasteiger partial charge in [-0.05, 0) is 49.4 Å². The van der Waals surface area contributed by atoms with Crippen LogP contribution in [0.25, 0.3) is 5.57 Å². The molecule has 1 unspecified atom stereocenters. The van der Waals surface area contributed by atoms with E-state index in [1.54, 1.807) is 37.3 Å². The Balaban J connectivity index is 1.50. The van der Waals surface area contributed by atoms with E-state index in [0.29, 0.717) is 10.5 Å². The van der Waals surface area contributed by atoms with Gasteiger partial charge in [0, 0.05) is 20.3 Å². The van der Waals surface area contributed by atoms with Crippen molar-refractivity contribution in [2.24, 2.45) is 11.1 Å². The van der Waals surface area contributed by atoms with Gasteiger partial charge in [0.05, 0.1) is 29.3 Å². The van der Waals surface area contributed by atoms with Gasteiger partial charge in [-0.2, -0.15) is 13.7 Å². The summed E-state index contributed by atoms with van der Waals surface area (Å²) in [5.74, 6) is -1.72. The smallest absolute Gasteiger partial charge is 0.358 e. The van der Waals surface area contributed by atoms with Gasteiger partial charge in [0.15, 0.2) is 0 Å². The van der Waals surface area contributed by atoms with Crippen LogP contribution in [0.5, 0.6) is 0 Å². The van der Waals surface area contributed by atoms with Crippen LogP contribution in [0.15, 0.2) is 75.6 Å². The predicted octanol–water partition coefficient (Wildman–Crippen LogP) is 5.21. The lowest BCUT2D eigenvalue weighted by Gasteiger charge is -2.23. The molecule has 4 rings (SSSR count). The molecule has 1 saturated heterocycles. The molecule has 0 spiro atoms. The van der Waals surface area contributed by atoms with Crippen LogP contribution in [-0.4, -0.2) is 41.3 Å². The number of oxime groups is 1. The summed E-state index contributed by atoms with van der Waals surface area (Å²) in [4.78, 5) is 39.0. The summed E-state index contributed by atoms with van der Waals surface area (Å²) in [7, 11) is -4.34. The number of thioether (sulfide) groups is 1. The average molecular weight is 706 g/mol. The lowest BCUT2D eigenvalue weighted by molar-refractivity contribution is -0.122. The maximum Gasteiger partial charge on any atom is 0.358 e. The van der Waals surface area contributed by atoms with Gasteiger partial charge in [-0.3, -0.25) is 18.8 Å². The molecule has 10 nitrogen and oxygen atoms in total. The molecule has 2 aliphatic heterocycles. The van der Waals surface area contributed by atoms with E-state index in [1.165, 1.54) is 30.3 Å². The Labute approximate surface area is 255 Å². The number of benzene rings is 2. The topological polar surface area (TPSA) is 143 Å². The Bertz CT molecular complexity index is 1650. The first-order valence-corrected chi connectivity index (χ1v) is 15.6. The van der Waals surface area contributed by atoms with Gasteiger partial charge < -0.3 is 4.74 Å². The zero-order chi connectivity index (χ0) is 29.9. The zero-order valence-corrected chi connectivity index (χ0v) is 25.9.